The number of hydrogen-bond donors (Lipinski definition) is 1. The van der Waals surface area contributed by atoms with Gasteiger partial charge in [0, 0.05) is 11.8 Å². The summed E-state index contributed by atoms with van der Waals surface area (Å²) in [6.07, 6.45) is -0.0408. The summed E-state index contributed by atoms with van der Waals surface area (Å²) >= 11 is 5.26. The summed E-state index contributed by atoms with van der Waals surface area (Å²) in [5.41, 5.74) is -0.833. The zero-order valence-electron chi connectivity index (χ0n) is 5.53. The van der Waals surface area contributed by atoms with Crippen LogP contribution in [0.3, 0.4) is 0 Å². The Morgan fingerprint density at radius 2 is 2.30 bits per heavy atom. The first-order chi connectivity index (χ1) is 4.37. The van der Waals surface area contributed by atoms with E-state index in [0.717, 1.165) is 0 Å². The second kappa shape index (κ2) is 1.84. The van der Waals surface area contributed by atoms with Gasteiger partial charge in [0.1, 0.15) is 0 Å². The van der Waals surface area contributed by atoms with Crippen LogP contribution >= 0.6 is 11.6 Å². The number of alkyl halides is 2. The standard InChI is InChI=1S/C6H8ClFO2/c1-5(2-4(9)10)3-6(5,7)8/h2-3H2,1H3,(H,9,10). The monoisotopic (exact) mass is 166 g/mol. The molecule has 1 saturated carbocycles. The summed E-state index contributed by atoms with van der Waals surface area (Å²) in [4.78, 5) is 10.1. The van der Waals surface area contributed by atoms with Crippen molar-refractivity contribution in [1.29, 1.82) is 0 Å². The molecule has 0 aromatic carbocycles. The highest BCUT2D eigenvalue weighted by Crippen LogP contribution is 2.63. The predicted molar refractivity (Wildman–Crippen MR) is 34.7 cm³/mol. The van der Waals surface area contributed by atoms with Crippen LogP contribution in [0.4, 0.5) is 4.39 Å². The molecule has 58 valence electrons. The van der Waals surface area contributed by atoms with Crippen LogP contribution < -0.4 is 0 Å². The van der Waals surface area contributed by atoms with E-state index in [2.05, 4.69) is 0 Å². The van der Waals surface area contributed by atoms with Crippen LogP contribution in [0.2, 0.25) is 0 Å². The van der Waals surface area contributed by atoms with Crippen LogP contribution in [-0.4, -0.2) is 16.2 Å². The van der Waals surface area contributed by atoms with Crippen LogP contribution in [0.25, 0.3) is 0 Å². The van der Waals surface area contributed by atoms with Gasteiger partial charge >= 0.3 is 5.97 Å². The van der Waals surface area contributed by atoms with Crippen molar-refractivity contribution in [3.05, 3.63) is 0 Å². The van der Waals surface area contributed by atoms with Gasteiger partial charge in [0.05, 0.1) is 6.42 Å². The molecule has 1 rings (SSSR count). The first kappa shape index (κ1) is 7.79. The normalized spacial score (nSPS) is 45.1. The second-order valence-electron chi connectivity index (χ2n) is 3.01. The second-order valence-corrected chi connectivity index (χ2v) is 3.61. The van der Waals surface area contributed by atoms with E-state index < -0.39 is 16.5 Å². The van der Waals surface area contributed by atoms with Gasteiger partial charge in [-0.3, -0.25) is 4.79 Å². The molecule has 4 heteroatoms. The fourth-order valence-corrected chi connectivity index (χ4v) is 1.33. The quantitative estimate of drug-likeness (QED) is 0.635. The minimum Gasteiger partial charge on any atom is -0.481 e. The molecule has 1 N–H and O–H groups in total. The van der Waals surface area contributed by atoms with E-state index in [1.807, 2.05) is 0 Å². The summed E-state index contributed by atoms with van der Waals surface area (Å²) in [5, 5.41) is 6.52. The Kier molecular flexibility index (Phi) is 1.44. The first-order valence-electron chi connectivity index (χ1n) is 2.97. The summed E-state index contributed by atoms with van der Waals surface area (Å²) in [5.74, 6) is -0.998. The summed E-state index contributed by atoms with van der Waals surface area (Å²) in [7, 11) is 0. The van der Waals surface area contributed by atoms with Crippen LogP contribution in [0.15, 0.2) is 0 Å². The Balaban J connectivity index is 2.52. The topological polar surface area (TPSA) is 37.3 Å². The van der Waals surface area contributed by atoms with Crippen LogP contribution in [0.5, 0.6) is 0 Å². The van der Waals surface area contributed by atoms with E-state index in [0.29, 0.717) is 0 Å². The molecule has 2 nitrogen and oxygen atoms in total. The van der Waals surface area contributed by atoms with Crippen molar-refractivity contribution in [2.75, 3.05) is 0 Å². The predicted octanol–water partition coefficient (Wildman–Crippen LogP) is 1.78. The van der Waals surface area contributed by atoms with E-state index in [1.54, 1.807) is 0 Å². The van der Waals surface area contributed by atoms with Crippen molar-refractivity contribution in [1.82, 2.24) is 0 Å². The number of aliphatic carboxylic acids is 1. The number of rotatable bonds is 2. The third kappa shape index (κ3) is 1.10. The van der Waals surface area contributed by atoms with Crippen molar-refractivity contribution in [3.8, 4) is 0 Å². The molecule has 0 bridgehead atoms. The van der Waals surface area contributed by atoms with Crippen LogP contribution in [0, 0.1) is 5.41 Å². The van der Waals surface area contributed by atoms with Crippen molar-refractivity contribution >= 4 is 17.6 Å². The van der Waals surface area contributed by atoms with Gasteiger partial charge in [-0.25, -0.2) is 4.39 Å². The van der Waals surface area contributed by atoms with Gasteiger partial charge in [0.25, 0.3) is 0 Å². The Morgan fingerprint density at radius 3 is 2.40 bits per heavy atom. The van der Waals surface area contributed by atoms with Gasteiger partial charge in [0.15, 0.2) is 5.13 Å². The first-order valence-corrected chi connectivity index (χ1v) is 3.35. The molecule has 1 aliphatic rings. The Hall–Kier alpha value is -0.310. The fraction of sp³-hybridized carbons (Fsp3) is 0.833. The molecule has 2 unspecified atom stereocenters. The number of carbonyl (C=O) groups is 1. The number of carboxylic acids is 1. The number of hydrogen-bond acceptors (Lipinski definition) is 1. The minimum atomic E-state index is -1.77. The molecule has 0 amide bonds. The highest BCUT2D eigenvalue weighted by Gasteiger charge is 2.65. The molecular formula is C6H8ClFO2. The molecule has 0 aromatic rings. The van der Waals surface area contributed by atoms with Crippen molar-refractivity contribution in [2.45, 2.75) is 24.9 Å². The zero-order valence-corrected chi connectivity index (χ0v) is 6.28. The largest absolute Gasteiger partial charge is 0.481 e. The van der Waals surface area contributed by atoms with E-state index in [9.17, 15) is 9.18 Å². The van der Waals surface area contributed by atoms with Crippen molar-refractivity contribution < 1.29 is 14.3 Å². The maximum Gasteiger partial charge on any atom is 0.304 e. The van der Waals surface area contributed by atoms with Crippen molar-refractivity contribution in [3.63, 3.8) is 0 Å². The lowest BCUT2D eigenvalue weighted by Crippen LogP contribution is -2.11. The highest BCUT2D eigenvalue weighted by atomic mass is 35.5. The zero-order chi connectivity index (χ0) is 7.99. The third-order valence-electron chi connectivity index (χ3n) is 1.91. The van der Waals surface area contributed by atoms with Gasteiger partial charge in [-0.2, -0.15) is 0 Å². The smallest absolute Gasteiger partial charge is 0.304 e. The molecule has 0 aliphatic heterocycles. The number of carboxylic acid groups (broad SMARTS) is 1. The Labute approximate surface area is 63.0 Å². The maximum absolute atomic E-state index is 12.7. The molecular weight excluding hydrogens is 159 g/mol. The molecule has 0 saturated heterocycles. The minimum absolute atomic E-state index is 0.147. The molecule has 0 radical (unpaired) electrons. The van der Waals surface area contributed by atoms with E-state index in [4.69, 9.17) is 16.7 Å². The van der Waals surface area contributed by atoms with Crippen molar-refractivity contribution in [2.24, 2.45) is 5.41 Å². The van der Waals surface area contributed by atoms with Gasteiger partial charge in [0.2, 0.25) is 0 Å². The Bertz CT molecular complexity index is 181. The summed E-state index contributed by atoms with van der Waals surface area (Å²) in [6, 6.07) is 0. The van der Waals surface area contributed by atoms with E-state index in [1.165, 1.54) is 6.92 Å². The molecule has 0 heterocycles. The average molecular weight is 167 g/mol. The van der Waals surface area contributed by atoms with Gasteiger partial charge in [-0.05, 0) is 0 Å². The molecule has 0 spiro atoms. The SMILES string of the molecule is CC1(CC(=O)O)CC1(F)Cl. The van der Waals surface area contributed by atoms with Gasteiger partial charge in [-0.1, -0.05) is 18.5 Å². The lowest BCUT2D eigenvalue weighted by atomic mass is 10.1. The summed E-state index contributed by atoms with van der Waals surface area (Å²) < 4.78 is 12.7. The lowest BCUT2D eigenvalue weighted by molar-refractivity contribution is -0.138. The lowest BCUT2D eigenvalue weighted by Gasteiger charge is -2.05. The molecule has 0 aromatic heterocycles. The van der Waals surface area contributed by atoms with Gasteiger partial charge in [-0.15, -0.1) is 0 Å². The maximum atomic E-state index is 12.7. The molecule has 10 heavy (non-hydrogen) atoms. The highest BCUT2D eigenvalue weighted by molar-refractivity contribution is 6.25. The molecule has 1 fully saturated rings. The van der Waals surface area contributed by atoms with E-state index >= 15 is 0 Å². The average Bonchev–Trinajstić information content (AvgIpc) is 2.01. The third-order valence-corrected chi connectivity index (χ3v) is 2.50. The molecule has 2 atom stereocenters. The summed E-state index contributed by atoms with van der Waals surface area (Å²) in [6.45, 7) is 1.54. The Morgan fingerprint density at radius 1 is 1.90 bits per heavy atom. The van der Waals surface area contributed by atoms with Crippen LogP contribution in [0.1, 0.15) is 19.8 Å². The van der Waals surface area contributed by atoms with Gasteiger partial charge < -0.3 is 5.11 Å². The van der Waals surface area contributed by atoms with E-state index in [-0.39, 0.29) is 12.8 Å². The fourth-order valence-electron chi connectivity index (χ4n) is 0.971. The molecule has 1 aliphatic carbocycles. The number of halogens is 2. The van der Waals surface area contributed by atoms with Crippen LogP contribution in [-0.2, 0) is 4.79 Å².